The van der Waals surface area contributed by atoms with Crippen molar-refractivity contribution in [1.82, 2.24) is 19.8 Å². The number of benzene rings is 3. The summed E-state index contributed by atoms with van der Waals surface area (Å²) in [6, 6.07) is 22.2. The fourth-order valence-electron chi connectivity index (χ4n) is 6.87. The van der Waals surface area contributed by atoms with E-state index >= 15 is 0 Å². The van der Waals surface area contributed by atoms with Gasteiger partial charge >= 0.3 is 0 Å². The highest BCUT2D eigenvalue weighted by Gasteiger charge is 2.31. The van der Waals surface area contributed by atoms with Crippen LogP contribution in [0.2, 0.25) is 0 Å². The molecule has 9 nitrogen and oxygen atoms in total. The van der Waals surface area contributed by atoms with Crippen molar-refractivity contribution < 1.29 is 22.7 Å². The van der Waals surface area contributed by atoms with Crippen molar-refractivity contribution in [3.63, 3.8) is 0 Å². The van der Waals surface area contributed by atoms with Crippen molar-refractivity contribution in [1.29, 1.82) is 0 Å². The summed E-state index contributed by atoms with van der Waals surface area (Å²) in [6.07, 6.45) is 3.81. The first-order chi connectivity index (χ1) is 24.3. The lowest BCUT2D eigenvalue weighted by molar-refractivity contribution is -0.136. The van der Waals surface area contributed by atoms with Gasteiger partial charge in [-0.3, -0.25) is 14.5 Å². The van der Waals surface area contributed by atoms with Gasteiger partial charge in [-0.15, -0.1) is 11.3 Å². The molecule has 2 heterocycles. The molecule has 1 aliphatic rings. The van der Waals surface area contributed by atoms with Gasteiger partial charge in [0.25, 0.3) is 10.0 Å². The molecule has 51 heavy (non-hydrogen) atoms. The van der Waals surface area contributed by atoms with Crippen molar-refractivity contribution in [3.05, 3.63) is 95.1 Å². The normalized spacial score (nSPS) is 18.0. The molecular formula is C40H52N4O5S2. The Bertz CT molecular complexity index is 1900. The number of thiophene rings is 1. The van der Waals surface area contributed by atoms with Crippen LogP contribution in [0.25, 0.3) is 10.1 Å². The van der Waals surface area contributed by atoms with Gasteiger partial charge in [-0.1, -0.05) is 61.0 Å². The number of ether oxygens (including phenoxy) is 1. The van der Waals surface area contributed by atoms with E-state index in [1.165, 1.54) is 36.2 Å². The third-order valence-electron chi connectivity index (χ3n) is 10.2. The predicted molar refractivity (Wildman–Crippen MR) is 206 cm³/mol. The fourth-order valence-corrected chi connectivity index (χ4v) is 9.85. The van der Waals surface area contributed by atoms with Crippen molar-refractivity contribution >= 4 is 43.3 Å². The van der Waals surface area contributed by atoms with Gasteiger partial charge in [-0.05, 0) is 87.9 Å². The third-order valence-corrected chi connectivity index (χ3v) is 13.6. The molecule has 0 radical (unpaired) electrons. The maximum Gasteiger partial charge on any atom is 0.250 e. The largest absolute Gasteiger partial charge is 0.497 e. The molecule has 0 spiro atoms. The first-order valence-electron chi connectivity index (χ1n) is 17.8. The summed E-state index contributed by atoms with van der Waals surface area (Å²) in [4.78, 5) is 31.8. The highest BCUT2D eigenvalue weighted by atomic mass is 32.2. The minimum absolute atomic E-state index is 0.0683. The quantitative estimate of drug-likeness (QED) is 0.145. The molecule has 5 rings (SSSR count). The topological polar surface area (TPSA) is 108 Å². The van der Waals surface area contributed by atoms with Crippen LogP contribution in [-0.2, 0) is 32.6 Å². The van der Waals surface area contributed by atoms with Crippen molar-refractivity contribution in [2.75, 3.05) is 14.2 Å². The second-order valence-electron chi connectivity index (χ2n) is 14.2. The average molecular weight is 733 g/mol. The molecule has 0 saturated carbocycles. The number of likely N-dealkylation sites (tertiary alicyclic amines) is 1. The third kappa shape index (κ3) is 9.37. The van der Waals surface area contributed by atoms with E-state index in [4.69, 9.17) is 4.74 Å². The zero-order valence-electron chi connectivity index (χ0n) is 30.8. The van der Waals surface area contributed by atoms with E-state index < -0.39 is 28.0 Å². The first kappa shape index (κ1) is 38.5. The maximum atomic E-state index is 13.9. The van der Waals surface area contributed by atoms with Crippen LogP contribution in [-0.4, -0.2) is 68.4 Å². The van der Waals surface area contributed by atoms with Crippen LogP contribution in [0.3, 0.4) is 0 Å². The maximum absolute atomic E-state index is 13.9. The Labute approximate surface area is 307 Å². The molecule has 1 aliphatic heterocycles. The van der Waals surface area contributed by atoms with E-state index in [1.54, 1.807) is 44.2 Å². The molecule has 4 atom stereocenters. The molecule has 2 N–H and O–H groups in total. The van der Waals surface area contributed by atoms with Crippen LogP contribution >= 0.6 is 11.3 Å². The first-order valence-corrected chi connectivity index (χ1v) is 20.1. The van der Waals surface area contributed by atoms with Gasteiger partial charge in [-0.25, -0.2) is 13.1 Å². The summed E-state index contributed by atoms with van der Waals surface area (Å²) < 4.78 is 37.1. The summed E-state index contributed by atoms with van der Waals surface area (Å²) in [6.45, 7) is 11.1. The number of nitrogens with one attached hydrogen (secondary N) is 2. The fraction of sp³-hybridized carbons (Fsp3) is 0.450. The van der Waals surface area contributed by atoms with Crippen LogP contribution < -0.4 is 14.8 Å². The van der Waals surface area contributed by atoms with Gasteiger partial charge in [0.1, 0.15) is 16.0 Å². The minimum atomic E-state index is -4.04. The molecule has 274 valence electrons. The number of piperidine rings is 1. The molecule has 0 aliphatic carbocycles. The Balaban J connectivity index is 1.35. The number of hydrogen-bond acceptors (Lipinski definition) is 7. The van der Waals surface area contributed by atoms with Gasteiger partial charge in [0, 0.05) is 54.6 Å². The number of sulfonamides is 1. The number of hydrogen-bond donors (Lipinski definition) is 2. The Morgan fingerprint density at radius 3 is 2.25 bits per heavy atom. The molecule has 1 saturated heterocycles. The van der Waals surface area contributed by atoms with Crippen LogP contribution in [0.5, 0.6) is 5.75 Å². The molecule has 2 unspecified atom stereocenters. The van der Waals surface area contributed by atoms with Gasteiger partial charge < -0.3 is 15.0 Å². The second-order valence-corrected chi connectivity index (χ2v) is 17.1. The molecule has 0 bridgehead atoms. The smallest absolute Gasteiger partial charge is 0.250 e. The van der Waals surface area contributed by atoms with Crippen LogP contribution in [0.15, 0.2) is 77.0 Å². The van der Waals surface area contributed by atoms with Crippen LogP contribution in [0.1, 0.15) is 81.7 Å². The monoisotopic (exact) mass is 732 g/mol. The number of rotatable bonds is 14. The molecule has 1 fully saturated rings. The Kier molecular flexibility index (Phi) is 12.6. The van der Waals surface area contributed by atoms with Gasteiger partial charge in [0.05, 0.1) is 13.2 Å². The number of aryl methyl sites for hydroxylation is 1. The SMILES string of the molecule is COc1ccc2sc(S(=O)(=O)N[C@@H](CC(=O)N[C@H](Cc3ccc(CN4C(C)CCCC4C)cc3)C(=O)N(C)C(C)C)c3ccccc3)c(C)c2c1. The van der Waals surface area contributed by atoms with E-state index in [2.05, 4.69) is 40.9 Å². The van der Waals surface area contributed by atoms with Crippen molar-refractivity contribution in [3.8, 4) is 5.75 Å². The molecular weight excluding hydrogens is 681 g/mol. The van der Waals surface area contributed by atoms with Crippen molar-refractivity contribution in [2.24, 2.45) is 0 Å². The molecule has 2 amide bonds. The number of likely N-dealkylation sites (N-methyl/N-ethyl adjacent to an activating group) is 1. The number of carbonyl (C=O) groups excluding carboxylic acids is 2. The molecule has 11 heteroatoms. The van der Waals surface area contributed by atoms with E-state index in [0.29, 0.717) is 35.4 Å². The molecule has 1 aromatic heterocycles. The summed E-state index contributed by atoms with van der Waals surface area (Å²) in [7, 11) is -0.727. The molecule has 4 aromatic rings. The number of nitrogens with zero attached hydrogens (tertiary/aromatic N) is 2. The average Bonchev–Trinajstić information content (AvgIpc) is 3.45. The Hall–Kier alpha value is -3.77. The number of amides is 2. The zero-order valence-corrected chi connectivity index (χ0v) is 32.4. The molecule has 3 aromatic carbocycles. The van der Waals surface area contributed by atoms with E-state index in [1.807, 2.05) is 56.3 Å². The lowest BCUT2D eigenvalue weighted by atomic mass is 9.96. The Morgan fingerprint density at radius 2 is 1.63 bits per heavy atom. The number of carbonyl (C=O) groups is 2. The lowest BCUT2D eigenvalue weighted by Crippen LogP contribution is -2.50. The van der Waals surface area contributed by atoms with Gasteiger partial charge in [0.2, 0.25) is 11.8 Å². The van der Waals surface area contributed by atoms with Crippen LogP contribution in [0.4, 0.5) is 0 Å². The standard InChI is InChI=1S/C40H52N4O5S2/c1-26(2)43(6)39(46)36(22-30-16-18-31(19-17-30)25-44-27(3)12-11-13-28(44)4)41-38(45)24-35(32-14-9-8-10-15-32)42-51(47,48)40-29(5)34-23-33(49-7)20-21-37(34)50-40/h8-10,14-21,23,26-28,35-36,42H,11-13,22,24-25H2,1-7H3,(H,41,45)/t27?,28?,35-,36+/m0/s1. The zero-order chi connectivity index (χ0) is 36.9. The van der Waals surface area contributed by atoms with E-state index in [9.17, 15) is 18.0 Å². The second kappa shape index (κ2) is 16.7. The number of fused-ring (bicyclic) bond motifs is 1. The Morgan fingerprint density at radius 1 is 0.980 bits per heavy atom. The van der Waals surface area contributed by atoms with Gasteiger partial charge in [0.15, 0.2) is 0 Å². The summed E-state index contributed by atoms with van der Waals surface area (Å²) in [5.41, 5.74) is 3.42. The summed E-state index contributed by atoms with van der Waals surface area (Å²) in [5.74, 6) is 0.0140. The van der Waals surface area contributed by atoms with E-state index in [-0.39, 0.29) is 22.6 Å². The van der Waals surface area contributed by atoms with Gasteiger partial charge in [-0.2, -0.15) is 0 Å². The highest BCUT2D eigenvalue weighted by Crippen LogP contribution is 2.37. The minimum Gasteiger partial charge on any atom is -0.497 e. The highest BCUT2D eigenvalue weighted by molar-refractivity contribution is 7.91. The number of methoxy groups -OCH3 is 1. The van der Waals surface area contributed by atoms with E-state index in [0.717, 1.165) is 22.2 Å². The summed E-state index contributed by atoms with van der Waals surface area (Å²) in [5, 5.41) is 3.78. The predicted octanol–water partition coefficient (Wildman–Crippen LogP) is 6.99. The summed E-state index contributed by atoms with van der Waals surface area (Å²) >= 11 is 1.18. The van der Waals surface area contributed by atoms with Crippen molar-refractivity contribution in [2.45, 2.75) is 108 Å². The van der Waals surface area contributed by atoms with Crippen LogP contribution in [0, 0.1) is 6.92 Å². The lowest BCUT2D eigenvalue weighted by Gasteiger charge is -2.39.